The number of likely N-dealkylation sites (N-methyl/N-ethyl adjacent to an activating group) is 1. The maximum atomic E-state index is 11.2. The van der Waals surface area contributed by atoms with Crippen LogP contribution in [-0.2, 0) is 4.79 Å². The summed E-state index contributed by atoms with van der Waals surface area (Å²) >= 11 is 0. The van der Waals surface area contributed by atoms with Crippen LogP contribution in [0.2, 0.25) is 0 Å². The maximum absolute atomic E-state index is 11.2. The van der Waals surface area contributed by atoms with Crippen molar-refractivity contribution in [1.82, 2.24) is 5.32 Å². The van der Waals surface area contributed by atoms with E-state index in [-0.39, 0.29) is 7.47 Å². The van der Waals surface area contributed by atoms with Gasteiger partial charge >= 0.3 is 0 Å². The second-order valence-electron chi connectivity index (χ2n) is 3.29. The molecule has 0 aromatic rings. The van der Waals surface area contributed by atoms with Crippen LogP contribution >= 0.6 is 0 Å². The zero-order valence-electron chi connectivity index (χ0n) is 7.98. The van der Waals surface area contributed by atoms with Gasteiger partial charge in [-0.25, -0.2) is 0 Å². The van der Waals surface area contributed by atoms with Gasteiger partial charge in [0.15, 0.2) is 0 Å². The number of hydrogen-bond donors (Lipinski definition) is 1. The number of carbonyl (C=O) groups is 1. The summed E-state index contributed by atoms with van der Waals surface area (Å²) in [6, 6.07) is 0.0694. The van der Waals surface area contributed by atoms with Gasteiger partial charge in [0, 0.05) is 7.85 Å². The largest absolute Gasteiger partial charge is 0.311 e. The molecule has 0 saturated carbocycles. The number of Topliss-reactive ketones (excluding diaryl/α,β-unsaturated/α-hetero) is 1. The lowest BCUT2D eigenvalue weighted by Crippen LogP contribution is -2.34. The van der Waals surface area contributed by atoms with Crippen LogP contribution in [0.5, 0.6) is 0 Å². The lowest BCUT2D eigenvalue weighted by Gasteiger charge is -2.15. The molecular weight excluding hydrogens is 138 g/mol. The maximum Gasteiger partial charge on any atom is 0.149 e. The summed E-state index contributed by atoms with van der Waals surface area (Å²) < 4.78 is 0. The van der Waals surface area contributed by atoms with Crippen LogP contribution in [-0.4, -0.2) is 18.9 Å². The monoisotopic (exact) mass is 159 g/mol. The Balaban J connectivity index is 0. The average molecular weight is 159 g/mol. The highest BCUT2D eigenvalue weighted by Crippen LogP contribution is 2.06. The molecule has 0 saturated heterocycles. The first-order valence-corrected chi connectivity index (χ1v) is 4.31. The molecule has 2 nitrogen and oxygen atoms in total. The van der Waals surface area contributed by atoms with Gasteiger partial charge in [-0.3, -0.25) is 4.79 Å². The smallest absolute Gasteiger partial charge is 0.149 e. The fraction of sp³-hybridized carbons (Fsp3) is 0.889. The fourth-order valence-electron chi connectivity index (χ4n) is 1.13. The van der Waals surface area contributed by atoms with Crippen LogP contribution in [0.1, 0.15) is 35.0 Å². The zero-order valence-corrected chi connectivity index (χ0v) is 7.98. The van der Waals surface area contributed by atoms with Crippen LogP contribution < -0.4 is 5.32 Å². The van der Waals surface area contributed by atoms with Gasteiger partial charge in [0.1, 0.15) is 5.78 Å². The Morgan fingerprint density at radius 3 is 2.36 bits per heavy atom. The summed E-state index contributed by atoms with van der Waals surface area (Å²) in [6.07, 6.45) is 1.58. The molecule has 0 rings (SSSR count). The van der Waals surface area contributed by atoms with Crippen LogP contribution in [0.3, 0.4) is 0 Å². The molecule has 0 spiro atoms. The Kier molecular flexibility index (Phi) is 5.12. The molecule has 0 aromatic carbocycles. The quantitative estimate of drug-likeness (QED) is 0.663. The van der Waals surface area contributed by atoms with Gasteiger partial charge in [0.05, 0.1) is 6.04 Å². The highest BCUT2D eigenvalue weighted by atomic mass is 16.1. The van der Waals surface area contributed by atoms with Crippen molar-refractivity contribution in [2.24, 2.45) is 5.92 Å². The van der Waals surface area contributed by atoms with Crippen molar-refractivity contribution in [2.45, 2.75) is 39.7 Å². The molecule has 0 aliphatic rings. The summed E-state index contributed by atoms with van der Waals surface area (Å²) in [6.45, 7) is 6.17. The predicted octanol–water partition coefficient (Wildman–Crippen LogP) is 1.85. The number of ketones is 1. The molecule has 68 valence electrons. The van der Waals surface area contributed by atoms with Gasteiger partial charge in [-0.1, -0.05) is 20.8 Å². The molecular formula is C9H21NO. The van der Waals surface area contributed by atoms with Crippen molar-refractivity contribution in [3.63, 3.8) is 0 Å². The van der Waals surface area contributed by atoms with E-state index in [1.807, 2.05) is 14.0 Å². The van der Waals surface area contributed by atoms with Crippen LogP contribution in [0.4, 0.5) is 0 Å². The molecule has 1 atom stereocenters. The molecule has 1 N–H and O–H groups in total. The fourth-order valence-corrected chi connectivity index (χ4v) is 1.13. The summed E-state index contributed by atoms with van der Waals surface area (Å²) in [5, 5.41) is 3.03. The number of rotatable bonds is 5. The number of nitrogens with one attached hydrogen (secondary N) is 1. The Morgan fingerprint density at radius 1 is 1.55 bits per heavy atom. The van der Waals surface area contributed by atoms with E-state index in [2.05, 4.69) is 19.2 Å². The minimum atomic E-state index is 0. The molecule has 0 aliphatic heterocycles. The van der Waals surface area contributed by atoms with E-state index in [4.69, 9.17) is 0 Å². The topological polar surface area (TPSA) is 29.1 Å². The third kappa shape index (κ3) is 4.14. The van der Waals surface area contributed by atoms with Gasteiger partial charge in [-0.15, -0.1) is 0 Å². The molecule has 2 heteroatoms. The molecule has 0 aromatic heterocycles. The summed E-state index contributed by atoms with van der Waals surface area (Å²) in [5.74, 6) is 0.907. The SMILES string of the molecule is CCC(=O)C(CC(C)C)NC.[HH]. The van der Waals surface area contributed by atoms with Gasteiger partial charge in [0.25, 0.3) is 0 Å². The second-order valence-corrected chi connectivity index (χ2v) is 3.29. The van der Waals surface area contributed by atoms with Gasteiger partial charge in [0.2, 0.25) is 0 Å². The molecule has 0 amide bonds. The minimum absolute atomic E-state index is 0. The van der Waals surface area contributed by atoms with Crippen molar-refractivity contribution in [3.05, 3.63) is 0 Å². The number of hydrogen-bond acceptors (Lipinski definition) is 2. The Bertz CT molecular complexity index is 126. The molecule has 0 fully saturated rings. The third-order valence-electron chi connectivity index (χ3n) is 1.79. The van der Waals surface area contributed by atoms with E-state index < -0.39 is 0 Å². The van der Waals surface area contributed by atoms with E-state index >= 15 is 0 Å². The summed E-state index contributed by atoms with van der Waals surface area (Å²) in [4.78, 5) is 11.2. The van der Waals surface area contributed by atoms with Crippen LogP contribution in [0, 0.1) is 5.92 Å². The van der Waals surface area contributed by atoms with Crippen molar-refractivity contribution >= 4 is 5.78 Å². The highest BCUT2D eigenvalue weighted by molar-refractivity contribution is 5.83. The lowest BCUT2D eigenvalue weighted by molar-refractivity contribution is -0.121. The zero-order chi connectivity index (χ0) is 8.85. The first kappa shape index (κ1) is 10.6. The van der Waals surface area contributed by atoms with E-state index in [9.17, 15) is 4.79 Å². The van der Waals surface area contributed by atoms with E-state index in [0.29, 0.717) is 18.1 Å². The number of carbonyl (C=O) groups excluding carboxylic acids is 1. The summed E-state index contributed by atoms with van der Waals surface area (Å²) in [7, 11) is 1.85. The van der Waals surface area contributed by atoms with Gasteiger partial charge in [-0.05, 0) is 19.4 Å². The predicted molar refractivity (Wildman–Crippen MR) is 49.7 cm³/mol. The van der Waals surface area contributed by atoms with E-state index in [1.54, 1.807) is 0 Å². The Hall–Kier alpha value is -0.370. The summed E-state index contributed by atoms with van der Waals surface area (Å²) in [5.41, 5.74) is 0. The molecule has 0 heterocycles. The molecule has 0 aliphatic carbocycles. The second kappa shape index (κ2) is 5.30. The normalized spacial score (nSPS) is 13.5. The van der Waals surface area contributed by atoms with Gasteiger partial charge < -0.3 is 5.32 Å². The minimum Gasteiger partial charge on any atom is -0.311 e. The van der Waals surface area contributed by atoms with Crippen molar-refractivity contribution in [2.75, 3.05) is 7.05 Å². The molecule has 0 bridgehead atoms. The van der Waals surface area contributed by atoms with Crippen LogP contribution in [0.15, 0.2) is 0 Å². The highest BCUT2D eigenvalue weighted by Gasteiger charge is 2.14. The third-order valence-corrected chi connectivity index (χ3v) is 1.79. The van der Waals surface area contributed by atoms with E-state index in [1.165, 1.54) is 0 Å². The van der Waals surface area contributed by atoms with Gasteiger partial charge in [-0.2, -0.15) is 0 Å². The first-order chi connectivity index (χ1) is 5.11. The van der Waals surface area contributed by atoms with E-state index in [0.717, 1.165) is 6.42 Å². The Labute approximate surface area is 70.9 Å². The van der Waals surface area contributed by atoms with Crippen LogP contribution in [0.25, 0.3) is 0 Å². The van der Waals surface area contributed by atoms with Crippen molar-refractivity contribution in [3.8, 4) is 0 Å². The Morgan fingerprint density at radius 2 is 2.09 bits per heavy atom. The molecule has 11 heavy (non-hydrogen) atoms. The lowest BCUT2D eigenvalue weighted by atomic mass is 9.99. The molecule has 0 radical (unpaired) electrons. The van der Waals surface area contributed by atoms with Crippen molar-refractivity contribution in [1.29, 1.82) is 0 Å². The van der Waals surface area contributed by atoms with Crippen molar-refractivity contribution < 1.29 is 6.22 Å². The average Bonchev–Trinajstić information content (AvgIpc) is 1.98. The standard InChI is InChI=1S/C9H19NO.H2/c1-5-9(11)8(10-4)6-7(2)3;/h7-8,10H,5-6H2,1-4H3;1H. The first-order valence-electron chi connectivity index (χ1n) is 4.31. The molecule has 1 unspecified atom stereocenters.